The molecule has 0 bridgehead atoms. The van der Waals surface area contributed by atoms with E-state index in [-0.39, 0.29) is 11.4 Å². The van der Waals surface area contributed by atoms with E-state index < -0.39 is 10.0 Å². The van der Waals surface area contributed by atoms with Crippen molar-refractivity contribution < 1.29 is 17.9 Å². The van der Waals surface area contributed by atoms with Crippen LogP contribution in [0.3, 0.4) is 0 Å². The van der Waals surface area contributed by atoms with Gasteiger partial charge in [0.1, 0.15) is 16.4 Å². The summed E-state index contributed by atoms with van der Waals surface area (Å²) in [5, 5.41) is 1.91. The van der Waals surface area contributed by atoms with E-state index in [1.54, 1.807) is 12.1 Å². The summed E-state index contributed by atoms with van der Waals surface area (Å²) < 4.78 is 38.5. The van der Waals surface area contributed by atoms with Gasteiger partial charge in [-0.25, -0.2) is 13.1 Å². The molecule has 0 aliphatic carbocycles. The second-order valence-corrected chi connectivity index (χ2v) is 7.15. The van der Waals surface area contributed by atoms with Gasteiger partial charge in [0.05, 0.1) is 13.2 Å². The summed E-state index contributed by atoms with van der Waals surface area (Å²) >= 11 is 1.50. The maximum absolute atomic E-state index is 12.5. The number of sulfonamides is 1. The molecule has 0 fully saturated rings. The Labute approximate surface area is 134 Å². The second kappa shape index (κ2) is 7.62. The van der Waals surface area contributed by atoms with Crippen LogP contribution in [-0.2, 0) is 16.6 Å². The molecule has 7 heteroatoms. The topological polar surface area (TPSA) is 64.6 Å². The third kappa shape index (κ3) is 4.22. The Kier molecular flexibility index (Phi) is 5.82. The molecule has 1 aromatic carbocycles. The molecule has 5 nitrogen and oxygen atoms in total. The quantitative estimate of drug-likeness (QED) is 0.801. The zero-order valence-electron chi connectivity index (χ0n) is 12.5. The summed E-state index contributed by atoms with van der Waals surface area (Å²) in [6.45, 7) is 4.77. The van der Waals surface area contributed by atoms with Crippen molar-refractivity contribution in [2.24, 2.45) is 0 Å². The van der Waals surface area contributed by atoms with Gasteiger partial charge in [-0.15, -0.1) is 11.3 Å². The van der Waals surface area contributed by atoms with E-state index in [0.717, 1.165) is 4.88 Å². The highest BCUT2D eigenvalue weighted by atomic mass is 32.2. The molecule has 0 unspecified atom stereocenters. The Morgan fingerprint density at radius 3 is 2.55 bits per heavy atom. The van der Waals surface area contributed by atoms with Crippen molar-refractivity contribution in [3.63, 3.8) is 0 Å². The number of ether oxygens (including phenoxy) is 2. The third-order valence-electron chi connectivity index (χ3n) is 2.83. The van der Waals surface area contributed by atoms with Gasteiger partial charge >= 0.3 is 0 Å². The zero-order valence-corrected chi connectivity index (χ0v) is 14.2. The Balaban J connectivity index is 2.27. The van der Waals surface area contributed by atoms with E-state index in [0.29, 0.717) is 24.7 Å². The third-order valence-corrected chi connectivity index (χ3v) is 5.13. The van der Waals surface area contributed by atoms with Crippen LogP contribution in [-0.4, -0.2) is 21.6 Å². The van der Waals surface area contributed by atoms with Crippen LogP contribution in [0, 0.1) is 0 Å². The molecule has 1 aromatic heterocycles. The molecule has 0 atom stereocenters. The molecule has 2 aromatic rings. The lowest BCUT2D eigenvalue weighted by Gasteiger charge is -2.13. The standard InChI is InChI=1S/C15H19NO4S2/c1-3-19-12-7-8-14(20-4-2)15(10-12)22(17,18)16-11-13-6-5-9-21-13/h5-10,16H,3-4,11H2,1-2H3. The minimum atomic E-state index is -3.68. The van der Waals surface area contributed by atoms with Gasteiger partial charge in [-0.05, 0) is 37.4 Å². The summed E-state index contributed by atoms with van der Waals surface area (Å²) in [5.74, 6) is 0.826. The van der Waals surface area contributed by atoms with Crippen molar-refractivity contribution in [3.05, 3.63) is 40.6 Å². The first-order valence-corrected chi connectivity index (χ1v) is 9.34. The van der Waals surface area contributed by atoms with Crippen LogP contribution in [0.1, 0.15) is 18.7 Å². The van der Waals surface area contributed by atoms with Gasteiger partial charge in [0.15, 0.2) is 0 Å². The highest BCUT2D eigenvalue weighted by Crippen LogP contribution is 2.28. The molecule has 120 valence electrons. The Hall–Kier alpha value is -1.57. The van der Waals surface area contributed by atoms with Crippen molar-refractivity contribution in [2.75, 3.05) is 13.2 Å². The van der Waals surface area contributed by atoms with Gasteiger partial charge in [0.2, 0.25) is 10.0 Å². The maximum atomic E-state index is 12.5. The number of rotatable bonds is 8. The van der Waals surface area contributed by atoms with Crippen LogP contribution >= 0.6 is 11.3 Å². The van der Waals surface area contributed by atoms with E-state index in [4.69, 9.17) is 9.47 Å². The minimum Gasteiger partial charge on any atom is -0.494 e. The highest BCUT2D eigenvalue weighted by molar-refractivity contribution is 7.89. The Morgan fingerprint density at radius 2 is 1.91 bits per heavy atom. The van der Waals surface area contributed by atoms with Crippen LogP contribution in [0.2, 0.25) is 0 Å². The molecular weight excluding hydrogens is 322 g/mol. The van der Waals surface area contributed by atoms with E-state index in [9.17, 15) is 8.42 Å². The van der Waals surface area contributed by atoms with E-state index >= 15 is 0 Å². The van der Waals surface area contributed by atoms with Gasteiger partial charge in [0, 0.05) is 17.5 Å². The van der Waals surface area contributed by atoms with Gasteiger partial charge in [-0.2, -0.15) is 0 Å². The Bertz CT molecular complexity index is 696. The zero-order chi connectivity index (χ0) is 16.0. The van der Waals surface area contributed by atoms with Crippen LogP contribution in [0.5, 0.6) is 11.5 Å². The molecule has 1 N–H and O–H groups in total. The lowest BCUT2D eigenvalue weighted by atomic mass is 10.3. The first-order chi connectivity index (χ1) is 10.6. The highest BCUT2D eigenvalue weighted by Gasteiger charge is 2.20. The predicted octanol–water partition coefficient (Wildman–Crippen LogP) is 3.02. The van der Waals surface area contributed by atoms with Gasteiger partial charge in [-0.3, -0.25) is 0 Å². The summed E-state index contributed by atoms with van der Waals surface area (Å²) in [6, 6.07) is 8.58. The molecule has 2 rings (SSSR count). The summed E-state index contributed by atoms with van der Waals surface area (Å²) in [4.78, 5) is 1.04. The fraction of sp³-hybridized carbons (Fsp3) is 0.333. The molecule has 22 heavy (non-hydrogen) atoms. The van der Waals surface area contributed by atoms with Crippen LogP contribution in [0.4, 0.5) is 0 Å². The van der Waals surface area contributed by atoms with Crippen molar-refractivity contribution >= 4 is 21.4 Å². The van der Waals surface area contributed by atoms with E-state index in [1.807, 2.05) is 31.4 Å². The average Bonchev–Trinajstić information content (AvgIpc) is 3.01. The molecule has 0 aliphatic rings. The molecule has 0 saturated heterocycles. The number of benzene rings is 1. The fourth-order valence-corrected chi connectivity index (χ4v) is 3.79. The minimum absolute atomic E-state index is 0.0943. The number of thiophene rings is 1. The van der Waals surface area contributed by atoms with Crippen LogP contribution in [0.25, 0.3) is 0 Å². The summed E-state index contributed by atoms with van der Waals surface area (Å²) in [6.07, 6.45) is 0. The number of hydrogen-bond acceptors (Lipinski definition) is 5. The van der Waals surface area contributed by atoms with Crippen molar-refractivity contribution in [1.29, 1.82) is 0 Å². The monoisotopic (exact) mass is 341 g/mol. The number of nitrogens with one attached hydrogen (secondary N) is 1. The SMILES string of the molecule is CCOc1ccc(OCC)c(S(=O)(=O)NCc2cccs2)c1. The first-order valence-electron chi connectivity index (χ1n) is 6.98. The van der Waals surface area contributed by atoms with Crippen LogP contribution in [0.15, 0.2) is 40.6 Å². The molecule has 0 radical (unpaired) electrons. The van der Waals surface area contributed by atoms with E-state index in [1.165, 1.54) is 17.4 Å². The maximum Gasteiger partial charge on any atom is 0.244 e. The second-order valence-electron chi connectivity index (χ2n) is 4.38. The van der Waals surface area contributed by atoms with Crippen molar-refractivity contribution in [2.45, 2.75) is 25.3 Å². The fourth-order valence-electron chi connectivity index (χ4n) is 1.89. The van der Waals surface area contributed by atoms with Gasteiger partial charge < -0.3 is 9.47 Å². The Morgan fingerprint density at radius 1 is 1.14 bits per heavy atom. The van der Waals surface area contributed by atoms with E-state index in [2.05, 4.69) is 4.72 Å². The van der Waals surface area contributed by atoms with Gasteiger partial charge in [0.25, 0.3) is 0 Å². The van der Waals surface area contributed by atoms with Gasteiger partial charge in [-0.1, -0.05) is 6.07 Å². The molecule has 0 saturated carbocycles. The normalized spacial score (nSPS) is 11.4. The molecule has 0 amide bonds. The predicted molar refractivity (Wildman–Crippen MR) is 87.1 cm³/mol. The molecular formula is C15H19NO4S2. The lowest BCUT2D eigenvalue weighted by molar-refractivity contribution is 0.322. The summed E-state index contributed by atoms with van der Waals surface area (Å²) in [7, 11) is -3.68. The summed E-state index contributed by atoms with van der Waals surface area (Å²) in [5.41, 5.74) is 0. The molecule has 1 heterocycles. The largest absolute Gasteiger partial charge is 0.494 e. The lowest BCUT2D eigenvalue weighted by Crippen LogP contribution is -2.23. The van der Waals surface area contributed by atoms with Crippen molar-refractivity contribution in [1.82, 2.24) is 4.72 Å². The molecule has 0 spiro atoms. The van der Waals surface area contributed by atoms with Crippen LogP contribution < -0.4 is 14.2 Å². The number of hydrogen-bond donors (Lipinski definition) is 1. The molecule has 0 aliphatic heterocycles. The average molecular weight is 341 g/mol. The first kappa shape index (κ1) is 16.8. The smallest absolute Gasteiger partial charge is 0.244 e. The van der Waals surface area contributed by atoms with Crippen molar-refractivity contribution in [3.8, 4) is 11.5 Å².